The number of aldehydes is 1. The van der Waals surface area contributed by atoms with Gasteiger partial charge in [-0.1, -0.05) is 6.08 Å². The van der Waals surface area contributed by atoms with Crippen LogP contribution in [0.25, 0.3) is 6.08 Å². The van der Waals surface area contributed by atoms with Crippen LogP contribution < -0.4 is 0 Å². The number of H-pyrrole nitrogens is 1. The normalized spacial score (nSPS) is 14.5. The zero-order valence-corrected chi connectivity index (χ0v) is 6.13. The highest BCUT2D eigenvalue weighted by Gasteiger charge is 2.09. The van der Waals surface area contributed by atoms with Crippen LogP contribution in [0.1, 0.15) is 29.5 Å². The van der Waals surface area contributed by atoms with Crippen molar-refractivity contribution in [2.45, 2.75) is 12.8 Å². The van der Waals surface area contributed by atoms with E-state index in [1.807, 2.05) is 6.08 Å². The third kappa shape index (κ3) is 0.909. The number of fused-ring (bicyclic) bond motifs is 1. The van der Waals surface area contributed by atoms with E-state index in [9.17, 15) is 4.79 Å². The Bertz CT molecular complexity index is 314. The Hall–Kier alpha value is -1.31. The lowest BCUT2D eigenvalue weighted by molar-refractivity contribution is 0.112. The van der Waals surface area contributed by atoms with Crippen molar-refractivity contribution in [3.63, 3.8) is 0 Å². The fourth-order valence-corrected chi connectivity index (χ4v) is 1.45. The first-order valence-corrected chi connectivity index (χ1v) is 3.74. The van der Waals surface area contributed by atoms with Crippen LogP contribution in [0, 0.1) is 0 Å². The number of hydrogen-bond donors (Lipinski definition) is 1. The molecule has 1 heterocycles. The molecule has 0 unspecified atom stereocenters. The zero-order chi connectivity index (χ0) is 7.68. The van der Waals surface area contributed by atoms with E-state index in [1.54, 1.807) is 6.20 Å². The number of nitrogens with one attached hydrogen (secondary N) is 1. The Balaban J connectivity index is 0.000000720. The number of aromatic amines is 1. The van der Waals surface area contributed by atoms with E-state index >= 15 is 0 Å². The maximum atomic E-state index is 10.5. The molecule has 0 radical (unpaired) electrons. The average Bonchev–Trinajstić information content (AvgIpc) is 2.47. The van der Waals surface area contributed by atoms with Gasteiger partial charge in [0.25, 0.3) is 0 Å². The van der Waals surface area contributed by atoms with Gasteiger partial charge in [0.2, 0.25) is 0 Å². The molecule has 0 saturated heterocycles. The number of allylic oxidation sites excluding steroid dienone is 1. The minimum atomic E-state index is 0. The van der Waals surface area contributed by atoms with Crippen LogP contribution in [0.5, 0.6) is 0 Å². The summed E-state index contributed by atoms with van der Waals surface area (Å²) in [6.07, 6.45) is 8.87. The predicted octanol–water partition coefficient (Wildman–Crippen LogP) is 2.03. The Morgan fingerprint density at radius 1 is 1.64 bits per heavy atom. The van der Waals surface area contributed by atoms with E-state index in [1.165, 1.54) is 5.56 Å². The van der Waals surface area contributed by atoms with Crippen molar-refractivity contribution in [2.24, 2.45) is 0 Å². The minimum Gasteiger partial charge on any atom is -0.361 e. The zero-order valence-electron chi connectivity index (χ0n) is 6.13. The fourth-order valence-electron chi connectivity index (χ4n) is 1.45. The summed E-state index contributed by atoms with van der Waals surface area (Å²) in [5.41, 5.74) is 3.07. The number of aromatic nitrogens is 1. The molecule has 0 saturated carbocycles. The highest BCUT2D eigenvalue weighted by molar-refractivity contribution is 5.79. The molecular weight excluding hydrogens is 138 g/mol. The molecule has 1 aliphatic rings. The predicted molar refractivity (Wildman–Crippen MR) is 45.6 cm³/mol. The largest absolute Gasteiger partial charge is 0.361 e. The van der Waals surface area contributed by atoms with Crippen molar-refractivity contribution in [2.75, 3.05) is 0 Å². The lowest BCUT2D eigenvalue weighted by atomic mass is 10.0. The highest BCUT2D eigenvalue weighted by Crippen LogP contribution is 2.20. The monoisotopic (exact) mass is 149 g/mol. The maximum Gasteiger partial charge on any atom is 0.151 e. The summed E-state index contributed by atoms with van der Waals surface area (Å²) in [5, 5.41) is 0. The maximum absolute atomic E-state index is 10.5. The van der Waals surface area contributed by atoms with Gasteiger partial charge in [0.05, 0.1) is 0 Å². The minimum absolute atomic E-state index is 0. The van der Waals surface area contributed by atoms with Crippen molar-refractivity contribution in [3.05, 3.63) is 29.1 Å². The Morgan fingerprint density at radius 2 is 2.55 bits per heavy atom. The van der Waals surface area contributed by atoms with Gasteiger partial charge in [0.15, 0.2) is 6.29 Å². The molecule has 0 aliphatic heterocycles. The van der Waals surface area contributed by atoms with E-state index in [0.717, 1.165) is 30.4 Å². The quantitative estimate of drug-likeness (QED) is 0.609. The van der Waals surface area contributed by atoms with Crippen molar-refractivity contribution < 1.29 is 6.22 Å². The van der Waals surface area contributed by atoms with Crippen molar-refractivity contribution in [1.82, 2.24) is 4.98 Å². The van der Waals surface area contributed by atoms with E-state index in [0.29, 0.717) is 0 Å². The number of carbonyl (C=O) groups excluding carboxylic acids is 1. The second-order valence-electron chi connectivity index (χ2n) is 2.70. The Morgan fingerprint density at radius 3 is 3.36 bits per heavy atom. The third-order valence-electron chi connectivity index (χ3n) is 2.03. The summed E-state index contributed by atoms with van der Waals surface area (Å²) < 4.78 is 0. The summed E-state index contributed by atoms with van der Waals surface area (Å²) >= 11 is 0. The van der Waals surface area contributed by atoms with Gasteiger partial charge in [0.1, 0.15) is 0 Å². The van der Waals surface area contributed by atoms with Gasteiger partial charge >= 0.3 is 0 Å². The van der Waals surface area contributed by atoms with Crippen LogP contribution in [0.3, 0.4) is 0 Å². The summed E-state index contributed by atoms with van der Waals surface area (Å²) in [4.78, 5) is 13.6. The number of carbonyl (C=O) groups is 1. The smallest absolute Gasteiger partial charge is 0.151 e. The molecule has 0 amide bonds. The van der Waals surface area contributed by atoms with Crippen molar-refractivity contribution in [3.8, 4) is 0 Å². The molecule has 0 atom stereocenters. The first-order valence-electron chi connectivity index (χ1n) is 3.74. The average molecular weight is 149 g/mol. The number of rotatable bonds is 1. The van der Waals surface area contributed by atoms with E-state index in [2.05, 4.69) is 11.1 Å². The lowest BCUT2D eigenvalue weighted by Crippen LogP contribution is -1.93. The van der Waals surface area contributed by atoms with Crippen LogP contribution in [-0.2, 0) is 6.42 Å². The Labute approximate surface area is 66.4 Å². The molecule has 2 rings (SSSR count). The summed E-state index contributed by atoms with van der Waals surface area (Å²) in [5.74, 6) is 0. The van der Waals surface area contributed by atoms with Crippen LogP contribution in [-0.4, -0.2) is 11.3 Å². The summed E-state index contributed by atoms with van der Waals surface area (Å²) in [6.45, 7) is 0. The van der Waals surface area contributed by atoms with Gasteiger partial charge in [-0.3, -0.25) is 4.79 Å². The third-order valence-corrected chi connectivity index (χ3v) is 2.03. The topological polar surface area (TPSA) is 32.9 Å². The van der Waals surface area contributed by atoms with Gasteiger partial charge in [-0.2, -0.15) is 0 Å². The molecule has 1 aliphatic carbocycles. The van der Waals surface area contributed by atoms with Crippen molar-refractivity contribution >= 4 is 12.4 Å². The van der Waals surface area contributed by atoms with E-state index < -0.39 is 0 Å². The lowest BCUT2D eigenvalue weighted by Gasteiger charge is -2.03. The van der Waals surface area contributed by atoms with Gasteiger partial charge in [-0.05, 0) is 24.5 Å². The van der Waals surface area contributed by atoms with Gasteiger partial charge in [-0.25, -0.2) is 0 Å². The molecule has 0 spiro atoms. The van der Waals surface area contributed by atoms with Gasteiger partial charge in [-0.15, -0.1) is 0 Å². The summed E-state index contributed by atoms with van der Waals surface area (Å²) in [6, 6.07) is 0. The molecule has 58 valence electrons. The highest BCUT2D eigenvalue weighted by atomic mass is 16.1. The van der Waals surface area contributed by atoms with E-state index in [4.69, 9.17) is 0 Å². The first-order chi connectivity index (χ1) is 5.42. The molecular formula is C9H11NO. The fraction of sp³-hybridized carbons (Fsp3) is 0.222. The molecule has 1 N–H and O–H groups in total. The molecule has 11 heavy (non-hydrogen) atoms. The van der Waals surface area contributed by atoms with Crippen LogP contribution in [0.4, 0.5) is 0 Å². The van der Waals surface area contributed by atoms with E-state index in [-0.39, 0.29) is 1.43 Å². The number of hydrogen-bond acceptors (Lipinski definition) is 1. The van der Waals surface area contributed by atoms with Gasteiger partial charge < -0.3 is 4.98 Å². The standard InChI is InChI=1S/C9H9NO.H2/c11-6-7-5-10-9-4-2-1-3-8(7)9;/h2,4-6,10H,1,3H2;1H. The van der Waals surface area contributed by atoms with Crippen molar-refractivity contribution in [1.29, 1.82) is 0 Å². The molecule has 0 fully saturated rings. The van der Waals surface area contributed by atoms with Crippen LogP contribution in [0.2, 0.25) is 0 Å². The molecule has 1 aromatic heterocycles. The Kier molecular flexibility index (Phi) is 1.39. The molecule has 0 bridgehead atoms. The van der Waals surface area contributed by atoms with Gasteiger partial charge in [0, 0.05) is 18.9 Å². The second-order valence-corrected chi connectivity index (χ2v) is 2.70. The molecule has 0 aromatic carbocycles. The molecule has 2 nitrogen and oxygen atoms in total. The first kappa shape index (κ1) is 6.40. The second kappa shape index (κ2) is 2.38. The van der Waals surface area contributed by atoms with Crippen LogP contribution >= 0.6 is 0 Å². The van der Waals surface area contributed by atoms with Crippen LogP contribution in [0.15, 0.2) is 12.3 Å². The summed E-state index contributed by atoms with van der Waals surface area (Å²) in [7, 11) is 0. The molecule has 2 heteroatoms. The SMILES string of the molecule is O=Cc1c[nH]c2c1CCC=C2.[HH]. The molecule has 1 aromatic rings.